The number of carbonyl (C=O) groups excluding carboxylic acids is 1. The Morgan fingerprint density at radius 2 is 2.24 bits per heavy atom. The smallest absolute Gasteiger partial charge is 0.378 e. The molecule has 0 saturated heterocycles. The van der Waals surface area contributed by atoms with Crippen LogP contribution in [0.15, 0.2) is 15.5 Å². The Hall–Kier alpha value is -1.46. The molecule has 3 rings (SSSR count). The van der Waals surface area contributed by atoms with Gasteiger partial charge in [-0.1, -0.05) is 0 Å². The maximum atomic E-state index is 13.2. The van der Waals surface area contributed by atoms with Gasteiger partial charge in [-0.05, 0) is 35.7 Å². The van der Waals surface area contributed by atoms with E-state index in [2.05, 4.69) is 31.3 Å². The maximum absolute atomic E-state index is 13.2. The highest BCUT2D eigenvalue weighted by Gasteiger charge is 2.40. The van der Waals surface area contributed by atoms with E-state index in [9.17, 15) is 18.0 Å². The second-order valence-corrected chi connectivity index (χ2v) is 7.65. The van der Waals surface area contributed by atoms with Crippen molar-refractivity contribution in [3.8, 4) is 0 Å². The molecule has 2 aromatic heterocycles. The van der Waals surface area contributed by atoms with Crippen molar-refractivity contribution >= 4 is 38.9 Å². The summed E-state index contributed by atoms with van der Waals surface area (Å²) in [5.41, 5.74) is -1.45. The Morgan fingerprint density at radius 1 is 1.52 bits per heavy atom. The van der Waals surface area contributed by atoms with Gasteiger partial charge in [-0.2, -0.15) is 18.3 Å². The Kier molecular flexibility index (Phi) is 5.16. The van der Waals surface area contributed by atoms with Gasteiger partial charge in [0.15, 0.2) is 9.61 Å². The summed E-state index contributed by atoms with van der Waals surface area (Å²) in [5, 5.41) is 7.35. The summed E-state index contributed by atoms with van der Waals surface area (Å²) in [6.45, 7) is 2.43. The van der Waals surface area contributed by atoms with Crippen molar-refractivity contribution in [1.29, 1.82) is 0 Å². The van der Waals surface area contributed by atoms with Crippen molar-refractivity contribution in [2.45, 2.75) is 38.1 Å². The molecule has 6 nitrogen and oxygen atoms in total. The van der Waals surface area contributed by atoms with E-state index in [4.69, 9.17) is 4.74 Å². The highest BCUT2D eigenvalue weighted by atomic mass is 79.9. The molecule has 11 heteroatoms. The fraction of sp³-hybridized carbons (Fsp3) is 0.500. The second-order valence-electron chi connectivity index (χ2n) is 5.51. The molecule has 2 heterocycles. The molecule has 1 amide bonds. The molecule has 0 unspecified atom stereocenters. The monoisotopic (exact) mass is 438 g/mol. The second kappa shape index (κ2) is 7.04. The Labute approximate surface area is 153 Å². The average molecular weight is 439 g/mol. The largest absolute Gasteiger partial charge is 0.437 e. The number of hydrogen-bond acceptors (Lipinski definition) is 5. The minimum atomic E-state index is -4.67. The number of rotatable bonds is 5. The van der Waals surface area contributed by atoms with Crippen LogP contribution in [0.5, 0.6) is 0 Å². The van der Waals surface area contributed by atoms with Gasteiger partial charge in [0.1, 0.15) is 5.69 Å². The summed E-state index contributed by atoms with van der Waals surface area (Å²) in [6.07, 6.45) is -2.22. The number of halogens is 4. The van der Waals surface area contributed by atoms with Crippen molar-refractivity contribution in [3.63, 3.8) is 0 Å². The lowest BCUT2D eigenvalue weighted by Crippen LogP contribution is -2.33. The van der Waals surface area contributed by atoms with E-state index in [1.54, 1.807) is 0 Å². The number of carbonyl (C=O) groups is 1. The number of aromatic nitrogens is 3. The molecule has 1 saturated carbocycles. The molecular weight excluding hydrogens is 425 g/mol. The number of amides is 1. The Bertz CT molecular complexity index is 770. The van der Waals surface area contributed by atoms with Crippen molar-refractivity contribution < 1.29 is 22.7 Å². The molecule has 0 aliphatic heterocycles. The summed E-state index contributed by atoms with van der Waals surface area (Å²) >= 11 is 4.28. The van der Waals surface area contributed by atoms with Gasteiger partial charge in [0.25, 0.3) is 5.91 Å². The summed E-state index contributed by atoms with van der Waals surface area (Å²) in [5.74, 6) is -0.715. The van der Waals surface area contributed by atoms with Gasteiger partial charge < -0.3 is 10.1 Å². The lowest BCUT2D eigenvalue weighted by molar-refractivity contribution is -0.141. The van der Waals surface area contributed by atoms with Crippen LogP contribution in [0.4, 0.5) is 18.9 Å². The first-order valence-corrected chi connectivity index (χ1v) is 9.15. The summed E-state index contributed by atoms with van der Waals surface area (Å²) < 4.78 is 46.8. The van der Waals surface area contributed by atoms with Gasteiger partial charge in [0, 0.05) is 18.2 Å². The first kappa shape index (κ1) is 18.3. The molecule has 0 aromatic carbocycles. The van der Waals surface area contributed by atoms with Gasteiger partial charge in [-0.3, -0.25) is 9.48 Å². The number of alkyl halides is 3. The molecule has 0 radical (unpaired) electrons. The van der Waals surface area contributed by atoms with E-state index in [0.29, 0.717) is 23.4 Å². The molecule has 1 N–H and O–H groups in total. The predicted octanol–water partition coefficient (Wildman–Crippen LogP) is 4.11. The lowest BCUT2D eigenvalue weighted by atomic mass is 9.89. The number of nitrogens with zero attached hydrogens (tertiary/aromatic N) is 3. The highest BCUT2D eigenvalue weighted by Crippen LogP contribution is 2.39. The van der Waals surface area contributed by atoms with Crippen molar-refractivity contribution in [1.82, 2.24) is 14.8 Å². The molecule has 1 aliphatic rings. The van der Waals surface area contributed by atoms with Crippen molar-refractivity contribution in [2.24, 2.45) is 0 Å². The fourth-order valence-corrected chi connectivity index (χ4v) is 3.54. The number of hydrogen-bond donors (Lipinski definition) is 1. The van der Waals surface area contributed by atoms with Gasteiger partial charge in [-0.25, -0.2) is 4.98 Å². The first-order chi connectivity index (χ1) is 11.8. The molecular formula is C14H14BrF3N4O2S. The normalized spacial score (nSPS) is 20.4. The zero-order valence-electron chi connectivity index (χ0n) is 13.0. The molecule has 1 fully saturated rings. The molecule has 2 aromatic rings. The van der Waals surface area contributed by atoms with Crippen LogP contribution in [-0.4, -0.2) is 33.4 Å². The van der Waals surface area contributed by atoms with Crippen molar-refractivity contribution in [2.75, 3.05) is 11.9 Å². The van der Waals surface area contributed by atoms with Gasteiger partial charge in [0.05, 0.1) is 17.8 Å². The minimum Gasteiger partial charge on any atom is -0.378 e. The Morgan fingerprint density at radius 3 is 2.80 bits per heavy atom. The molecule has 1 aliphatic carbocycles. The van der Waals surface area contributed by atoms with Crippen LogP contribution >= 0.6 is 27.3 Å². The molecule has 0 spiro atoms. The van der Waals surface area contributed by atoms with E-state index in [1.807, 2.05) is 6.92 Å². The zero-order valence-corrected chi connectivity index (χ0v) is 15.4. The summed E-state index contributed by atoms with van der Waals surface area (Å²) in [6, 6.07) is -0.170. The van der Waals surface area contributed by atoms with Crippen LogP contribution in [-0.2, 0) is 10.9 Å². The summed E-state index contributed by atoms with van der Waals surface area (Å²) in [4.78, 5) is 16.0. The molecule has 136 valence electrons. The number of ether oxygens (including phenoxy) is 1. The minimum absolute atomic E-state index is 0.0396. The lowest BCUT2D eigenvalue weighted by Gasteiger charge is -2.34. The van der Waals surface area contributed by atoms with Gasteiger partial charge in [-0.15, -0.1) is 11.3 Å². The zero-order chi connectivity index (χ0) is 18.2. The predicted molar refractivity (Wildman–Crippen MR) is 88.7 cm³/mol. The molecule has 0 bridgehead atoms. The number of anilines is 1. The maximum Gasteiger partial charge on any atom is 0.437 e. The van der Waals surface area contributed by atoms with Crippen LogP contribution in [0.1, 0.15) is 42.0 Å². The van der Waals surface area contributed by atoms with Gasteiger partial charge >= 0.3 is 6.18 Å². The highest BCUT2D eigenvalue weighted by molar-refractivity contribution is 9.11. The van der Waals surface area contributed by atoms with E-state index < -0.39 is 17.8 Å². The van der Waals surface area contributed by atoms with Crippen LogP contribution in [0.3, 0.4) is 0 Å². The van der Waals surface area contributed by atoms with Crippen LogP contribution in [0, 0.1) is 0 Å². The summed E-state index contributed by atoms with van der Waals surface area (Å²) in [7, 11) is 0. The van der Waals surface area contributed by atoms with E-state index in [-0.39, 0.29) is 23.5 Å². The van der Waals surface area contributed by atoms with Crippen LogP contribution in [0.2, 0.25) is 0 Å². The average Bonchev–Trinajstić information content (AvgIpc) is 3.08. The van der Waals surface area contributed by atoms with Crippen LogP contribution in [0.25, 0.3) is 0 Å². The third kappa shape index (κ3) is 4.04. The first-order valence-electron chi connectivity index (χ1n) is 7.48. The fourth-order valence-electron chi connectivity index (χ4n) is 2.55. The number of nitrogens with one attached hydrogen (secondary N) is 1. The molecule has 0 atom stereocenters. The SMILES string of the molecule is CCO[C@H]1C[C@H](n2cc(NC(=O)c3csc(Br)n3)c(C(F)(F)F)n2)C1. The van der Waals surface area contributed by atoms with E-state index >= 15 is 0 Å². The van der Waals surface area contributed by atoms with Crippen molar-refractivity contribution in [3.05, 3.63) is 26.9 Å². The standard InChI is InChI=1S/C14H14BrF3N4O2S/c1-2-24-8-3-7(4-8)22-5-9(11(21-22)14(16,17)18)19-12(23)10-6-25-13(15)20-10/h5-8H,2-4H2,1H3,(H,19,23)/t7-,8-. The van der Waals surface area contributed by atoms with Crippen LogP contribution < -0.4 is 5.32 Å². The third-order valence-corrected chi connectivity index (χ3v) is 5.17. The van der Waals surface area contributed by atoms with Gasteiger partial charge in [0.2, 0.25) is 0 Å². The van der Waals surface area contributed by atoms with E-state index in [0.717, 1.165) is 0 Å². The quantitative estimate of drug-likeness (QED) is 0.762. The Balaban J connectivity index is 1.79. The molecule has 25 heavy (non-hydrogen) atoms. The number of thiazole rings is 1. The van der Waals surface area contributed by atoms with E-state index in [1.165, 1.54) is 27.6 Å². The topological polar surface area (TPSA) is 69.0 Å². The third-order valence-electron chi connectivity index (χ3n) is 3.80.